The van der Waals surface area contributed by atoms with Crippen LogP contribution in [0.1, 0.15) is 42.6 Å². The van der Waals surface area contributed by atoms with Crippen LogP contribution in [0.25, 0.3) is 0 Å². The van der Waals surface area contributed by atoms with Crippen molar-refractivity contribution in [2.75, 3.05) is 18.9 Å². The van der Waals surface area contributed by atoms with Gasteiger partial charge >= 0.3 is 6.36 Å². The van der Waals surface area contributed by atoms with Crippen LogP contribution in [0.4, 0.5) is 18.9 Å². The molecule has 0 radical (unpaired) electrons. The number of anilines is 1. The van der Waals surface area contributed by atoms with E-state index in [1.807, 2.05) is 13.8 Å². The molecule has 0 aliphatic carbocycles. The first kappa shape index (κ1) is 27.0. The normalized spacial score (nSPS) is 21.2. The maximum Gasteiger partial charge on any atom is 0.573 e. The smallest absolute Gasteiger partial charge is 0.406 e. The summed E-state index contributed by atoms with van der Waals surface area (Å²) in [6, 6.07) is 12.0. The molecule has 1 saturated heterocycles. The Morgan fingerprint density at radius 3 is 2.61 bits per heavy atom. The minimum absolute atomic E-state index is 0.0293. The quantitative estimate of drug-likeness (QED) is 0.609. The Morgan fingerprint density at radius 2 is 1.95 bits per heavy atom. The molecular formula is C27H27F3N4O4. The number of hydrogen-bond donors (Lipinski definition) is 1. The minimum atomic E-state index is -4.92. The number of benzene rings is 2. The average molecular weight is 529 g/mol. The maximum atomic E-state index is 13.9. The number of hydrogen-bond acceptors (Lipinski definition) is 5. The van der Waals surface area contributed by atoms with Crippen LogP contribution in [-0.2, 0) is 15.0 Å². The summed E-state index contributed by atoms with van der Waals surface area (Å²) in [4.78, 5) is 42.8. The van der Waals surface area contributed by atoms with Crippen molar-refractivity contribution in [3.8, 4) is 11.8 Å². The first-order valence-electron chi connectivity index (χ1n) is 12.1. The lowest BCUT2D eigenvalue weighted by atomic mass is 9.80. The van der Waals surface area contributed by atoms with Crippen molar-refractivity contribution in [2.45, 2.75) is 50.6 Å². The van der Waals surface area contributed by atoms with Gasteiger partial charge in [0.1, 0.15) is 17.8 Å². The van der Waals surface area contributed by atoms with Gasteiger partial charge in [-0.15, -0.1) is 13.2 Å². The fourth-order valence-corrected chi connectivity index (χ4v) is 5.22. The first-order valence-corrected chi connectivity index (χ1v) is 12.1. The number of nitrogens with one attached hydrogen (secondary N) is 1. The number of rotatable bonds is 6. The van der Waals surface area contributed by atoms with Crippen LogP contribution < -0.4 is 10.1 Å². The molecule has 8 nitrogen and oxygen atoms in total. The molecule has 2 heterocycles. The lowest BCUT2D eigenvalue weighted by Crippen LogP contribution is -2.52. The Bertz CT molecular complexity index is 1310. The summed E-state index contributed by atoms with van der Waals surface area (Å²) in [5.41, 5.74) is 0.179. The van der Waals surface area contributed by atoms with Crippen LogP contribution in [0.3, 0.4) is 0 Å². The van der Waals surface area contributed by atoms with Crippen molar-refractivity contribution >= 4 is 23.4 Å². The third kappa shape index (κ3) is 5.03. The number of halogens is 3. The number of nitrogens with zero attached hydrogens (tertiary/aromatic N) is 3. The topological polar surface area (TPSA) is 103 Å². The Hall–Kier alpha value is -4.07. The number of alkyl halides is 3. The monoisotopic (exact) mass is 528 g/mol. The minimum Gasteiger partial charge on any atom is -0.406 e. The van der Waals surface area contributed by atoms with E-state index in [9.17, 15) is 32.8 Å². The van der Waals surface area contributed by atoms with E-state index in [0.717, 1.165) is 12.1 Å². The number of nitriles is 1. The average Bonchev–Trinajstić information content (AvgIpc) is 3.38. The summed E-state index contributed by atoms with van der Waals surface area (Å²) < 4.78 is 42.0. The van der Waals surface area contributed by atoms with E-state index in [-0.39, 0.29) is 36.8 Å². The number of ether oxygens (including phenoxy) is 1. The van der Waals surface area contributed by atoms with Crippen molar-refractivity contribution in [3.05, 3.63) is 59.7 Å². The molecule has 2 aromatic carbocycles. The van der Waals surface area contributed by atoms with Gasteiger partial charge in [0.2, 0.25) is 11.8 Å². The van der Waals surface area contributed by atoms with Gasteiger partial charge in [-0.25, -0.2) is 0 Å². The number of carbonyl (C=O) groups is 3. The molecule has 1 spiro atoms. The largest absolute Gasteiger partial charge is 0.573 e. The van der Waals surface area contributed by atoms with Gasteiger partial charge in [0.25, 0.3) is 5.91 Å². The summed E-state index contributed by atoms with van der Waals surface area (Å²) in [6.45, 7) is 3.70. The molecular weight excluding hydrogens is 501 g/mol. The second-order valence-corrected chi connectivity index (χ2v) is 10.0. The predicted octanol–water partition coefficient (Wildman–Crippen LogP) is 4.09. The van der Waals surface area contributed by atoms with E-state index in [2.05, 4.69) is 16.1 Å². The van der Waals surface area contributed by atoms with Crippen LogP contribution in [-0.4, -0.2) is 59.6 Å². The molecule has 0 aromatic heterocycles. The van der Waals surface area contributed by atoms with Gasteiger partial charge in [0.05, 0.1) is 11.5 Å². The number of carbonyl (C=O) groups excluding carboxylic acids is 3. The number of para-hydroxylation sites is 1. The molecule has 3 amide bonds. The van der Waals surface area contributed by atoms with Gasteiger partial charge in [0.15, 0.2) is 0 Å². The Balaban J connectivity index is 1.63. The fourth-order valence-electron chi connectivity index (χ4n) is 5.22. The third-order valence-electron chi connectivity index (χ3n) is 7.00. The molecule has 2 aromatic rings. The standard InChI is InChI=1S/C27H27F3N4O4/c1-16(2)11-22(33(3)23(35)17-7-6-8-19(12-17)38-27(28,29)30)24(36)34-15-26(13-18(34)14-31)20-9-4-5-10-21(20)32-25(26)37/h4-10,12,16,18,22H,11,13,15H2,1-3H3,(H,32,37)/t18-,22-,26-/m0/s1. The van der Waals surface area contributed by atoms with E-state index in [4.69, 9.17) is 0 Å². The Labute approximate surface area is 218 Å². The molecule has 4 rings (SSSR count). The fraction of sp³-hybridized carbons (Fsp3) is 0.407. The molecule has 200 valence electrons. The highest BCUT2D eigenvalue weighted by Crippen LogP contribution is 2.46. The molecule has 0 unspecified atom stereocenters. The van der Waals surface area contributed by atoms with Gasteiger partial charge in [-0.1, -0.05) is 38.1 Å². The van der Waals surface area contributed by atoms with E-state index < -0.39 is 41.4 Å². The Kier molecular flexibility index (Phi) is 7.10. The van der Waals surface area contributed by atoms with Crippen molar-refractivity contribution < 1.29 is 32.3 Å². The SMILES string of the molecule is CC(C)C[C@@H](C(=O)N1C[C@]2(C[C@H]1C#N)C(=O)Nc1ccccc12)N(C)C(=O)c1cccc(OC(F)(F)F)c1. The van der Waals surface area contributed by atoms with Crippen LogP contribution in [0.2, 0.25) is 0 Å². The van der Waals surface area contributed by atoms with Crippen LogP contribution in [0.5, 0.6) is 5.75 Å². The van der Waals surface area contributed by atoms with Crippen LogP contribution >= 0.6 is 0 Å². The zero-order valence-electron chi connectivity index (χ0n) is 21.1. The molecule has 38 heavy (non-hydrogen) atoms. The highest BCUT2D eigenvalue weighted by Gasteiger charge is 2.56. The lowest BCUT2D eigenvalue weighted by molar-refractivity contribution is -0.274. The van der Waals surface area contributed by atoms with Crippen LogP contribution in [0, 0.1) is 17.2 Å². The molecule has 3 atom stereocenters. The predicted molar refractivity (Wildman–Crippen MR) is 131 cm³/mol. The van der Waals surface area contributed by atoms with E-state index >= 15 is 0 Å². The third-order valence-corrected chi connectivity index (χ3v) is 7.00. The molecule has 2 aliphatic heterocycles. The molecule has 1 fully saturated rings. The van der Waals surface area contributed by atoms with Gasteiger partial charge in [-0.05, 0) is 42.2 Å². The first-order chi connectivity index (χ1) is 17.9. The molecule has 0 saturated carbocycles. The number of amides is 3. The molecule has 11 heteroatoms. The number of fused-ring (bicyclic) bond motifs is 2. The molecule has 1 N–H and O–H groups in total. The zero-order chi connectivity index (χ0) is 27.8. The number of likely N-dealkylation sites (tertiary alicyclic amines) is 1. The maximum absolute atomic E-state index is 13.9. The second kappa shape index (κ2) is 10.0. The summed E-state index contributed by atoms with van der Waals surface area (Å²) >= 11 is 0. The van der Waals surface area contributed by atoms with Gasteiger partial charge in [0, 0.05) is 31.3 Å². The summed E-state index contributed by atoms with van der Waals surface area (Å²) in [7, 11) is 1.40. The Morgan fingerprint density at radius 1 is 1.24 bits per heavy atom. The molecule has 2 aliphatic rings. The van der Waals surface area contributed by atoms with Gasteiger partial charge in [-0.2, -0.15) is 5.26 Å². The van der Waals surface area contributed by atoms with Gasteiger partial charge in [-0.3, -0.25) is 14.4 Å². The highest BCUT2D eigenvalue weighted by molar-refractivity contribution is 6.07. The van der Waals surface area contributed by atoms with Crippen molar-refractivity contribution in [1.82, 2.24) is 9.80 Å². The van der Waals surface area contributed by atoms with Crippen molar-refractivity contribution in [3.63, 3.8) is 0 Å². The lowest BCUT2D eigenvalue weighted by Gasteiger charge is -2.33. The van der Waals surface area contributed by atoms with E-state index in [1.54, 1.807) is 24.3 Å². The summed E-state index contributed by atoms with van der Waals surface area (Å²) in [5, 5.41) is 12.8. The van der Waals surface area contributed by atoms with Crippen molar-refractivity contribution in [1.29, 1.82) is 5.26 Å². The molecule has 0 bridgehead atoms. The van der Waals surface area contributed by atoms with Gasteiger partial charge < -0.3 is 19.9 Å². The highest BCUT2D eigenvalue weighted by atomic mass is 19.4. The second-order valence-electron chi connectivity index (χ2n) is 10.0. The number of likely N-dealkylation sites (N-methyl/N-ethyl adjacent to an activating group) is 1. The van der Waals surface area contributed by atoms with E-state index in [0.29, 0.717) is 11.3 Å². The van der Waals surface area contributed by atoms with Crippen LogP contribution in [0.15, 0.2) is 48.5 Å². The van der Waals surface area contributed by atoms with E-state index in [1.165, 1.54) is 29.0 Å². The zero-order valence-corrected chi connectivity index (χ0v) is 21.1. The summed E-state index contributed by atoms with van der Waals surface area (Å²) in [5.74, 6) is -2.06. The summed E-state index contributed by atoms with van der Waals surface area (Å²) in [6.07, 6.45) is -4.57. The van der Waals surface area contributed by atoms with Crippen molar-refractivity contribution in [2.24, 2.45) is 5.92 Å².